The summed E-state index contributed by atoms with van der Waals surface area (Å²) in [6, 6.07) is 9.51. The summed E-state index contributed by atoms with van der Waals surface area (Å²) in [5.74, 6) is -0.0181. The standard InChI is InChI=1S/C19H19N3O2S/c1-3-14-15(12-7-5-4-6-8-12)16-17(25-14)20-11-22(19(16)24)13-9-10-21(2)18(13)23/h4-8,11,13H,3,9-10H2,1-2H3/t13-/m1/s1. The van der Waals surface area contributed by atoms with Crippen LogP contribution in [-0.4, -0.2) is 34.0 Å². The number of hydrogen-bond acceptors (Lipinski definition) is 4. The highest BCUT2D eigenvalue weighted by atomic mass is 32.1. The molecule has 1 amide bonds. The Morgan fingerprint density at radius 1 is 1.24 bits per heavy atom. The summed E-state index contributed by atoms with van der Waals surface area (Å²) < 4.78 is 1.52. The molecule has 2 aromatic heterocycles. The molecule has 1 aliphatic rings. The topological polar surface area (TPSA) is 55.2 Å². The number of aryl methyl sites for hydroxylation is 1. The molecule has 128 valence electrons. The molecule has 25 heavy (non-hydrogen) atoms. The van der Waals surface area contributed by atoms with E-state index in [1.54, 1.807) is 23.3 Å². The van der Waals surface area contributed by atoms with Gasteiger partial charge in [-0.1, -0.05) is 37.3 Å². The van der Waals surface area contributed by atoms with Crippen molar-refractivity contribution >= 4 is 27.5 Å². The van der Waals surface area contributed by atoms with Gasteiger partial charge in [-0.25, -0.2) is 4.98 Å². The Bertz CT molecular complexity index is 1010. The van der Waals surface area contributed by atoms with Gasteiger partial charge in [-0.2, -0.15) is 0 Å². The minimum Gasteiger partial charge on any atom is -0.344 e. The van der Waals surface area contributed by atoms with E-state index in [1.807, 2.05) is 30.3 Å². The van der Waals surface area contributed by atoms with E-state index in [0.717, 1.165) is 27.3 Å². The molecule has 5 nitrogen and oxygen atoms in total. The van der Waals surface area contributed by atoms with Crippen LogP contribution in [0, 0.1) is 0 Å². The van der Waals surface area contributed by atoms with Crippen molar-refractivity contribution < 1.29 is 4.79 Å². The Kier molecular flexibility index (Phi) is 3.92. The zero-order valence-electron chi connectivity index (χ0n) is 14.2. The number of fused-ring (bicyclic) bond motifs is 1. The average molecular weight is 353 g/mol. The third kappa shape index (κ3) is 2.48. The number of hydrogen-bond donors (Lipinski definition) is 0. The Hall–Kier alpha value is -2.47. The summed E-state index contributed by atoms with van der Waals surface area (Å²) in [7, 11) is 1.77. The Labute approximate surface area is 149 Å². The van der Waals surface area contributed by atoms with E-state index in [1.165, 1.54) is 10.9 Å². The summed E-state index contributed by atoms with van der Waals surface area (Å²) >= 11 is 1.57. The molecule has 1 fully saturated rings. The number of thiophene rings is 1. The number of rotatable bonds is 3. The maximum Gasteiger partial charge on any atom is 0.263 e. The maximum atomic E-state index is 13.2. The Morgan fingerprint density at radius 3 is 2.64 bits per heavy atom. The fourth-order valence-electron chi connectivity index (χ4n) is 3.49. The van der Waals surface area contributed by atoms with Gasteiger partial charge >= 0.3 is 0 Å². The third-order valence-corrected chi connectivity index (χ3v) is 6.07. The first-order chi connectivity index (χ1) is 12.1. The van der Waals surface area contributed by atoms with Crippen molar-refractivity contribution in [1.29, 1.82) is 0 Å². The summed E-state index contributed by atoms with van der Waals surface area (Å²) in [5, 5.41) is 0.637. The van der Waals surface area contributed by atoms with Crippen LogP contribution in [0.15, 0.2) is 41.5 Å². The number of likely N-dealkylation sites (N-methyl/N-ethyl adjacent to an activating group) is 1. The molecule has 1 saturated heterocycles. The van der Waals surface area contributed by atoms with Gasteiger partial charge in [0, 0.05) is 24.0 Å². The molecule has 4 rings (SSSR count). The second kappa shape index (κ2) is 6.11. The lowest BCUT2D eigenvalue weighted by Gasteiger charge is -2.13. The number of aromatic nitrogens is 2. The summed E-state index contributed by atoms with van der Waals surface area (Å²) in [5.41, 5.74) is 1.87. The van der Waals surface area contributed by atoms with Crippen LogP contribution in [0.5, 0.6) is 0 Å². The molecular formula is C19H19N3O2S. The summed E-state index contributed by atoms with van der Waals surface area (Å²) in [6.45, 7) is 2.76. The van der Waals surface area contributed by atoms with Gasteiger partial charge in [-0.05, 0) is 18.4 Å². The van der Waals surface area contributed by atoms with E-state index in [0.29, 0.717) is 18.4 Å². The van der Waals surface area contributed by atoms with Gasteiger partial charge in [-0.15, -0.1) is 11.3 Å². The second-order valence-corrected chi connectivity index (χ2v) is 7.40. The van der Waals surface area contributed by atoms with Crippen LogP contribution in [0.25, 0.3) is 21.3 Å². The molecule has 0 unspecified atom stereocenters. The van der Waals surface area contributed by atoms with Crippen LogP contribution in [0.2, 0.25) is 0 Å². The van der Waals surface area contributed by atoms with Gasteiger partial charge < -0.3 is 4.90 Å². The third-order valence-electron chi connectivity index (χ3n) is 4.83. The number of carbonyl (C=O) groups excluding carboxylic acids is 1. The molecule has 0 N–H and O–H groups in total. The highest BCUT2D eigenvalue weighted by Gasteiger charge is 2.32. The van der Waals surface area contributed by atoms with Crippen LogP contribution >= 0.6 is 11.3 Å². The van der Waals surface area contributed by atoms with E-state index in [-0.39, 0.29) is 11.5 Å². The van der Waals surface area contributed by atoms with E-state index < -0.39 is 6.04 Å². The predicted molar refractivity (Wildman–Crippen MR) is 100.0 cm³/mol. The minimum atomic E-state index is -0.442. The lowest BCUT2D eigenvalue weighted by atomic mass is 10.0. The maximum absolute atomic E-state index is 13.2. The van der Waals surface area contributed by atoms with Crippen LogP contribution < -0.4 is 5.56 Å². The van der Waals surface area contributed by atoms with Crippen molar-refractivity contribution in [3.05, 3.63) is 51.9 Å². The van der Waals surface area contributed by atoms with E-state index in [2.05, 4.69) is 11.9 Å². The Morgan fingerprint density at radius 2 is 2.00 bits per heavy atom. The van der Waals surface area contributed by atoms with Gasteiger partial charge in [0.2, 0.25) is 5.91 Å². The molecule has 0 saturated carbocycles. The van der Waals surface area contributed by atoms with E-state index in [4.69, 9.17) is 0 Å². The van der Waals surface area contributed by atoms with Crippen molar-refractivity contribution in [1.82, 2.24) is 14.5 Å². The van der Waals surface area contributed by atoms with Crippen molar-refractivity contribution in [2.45, 2.75) is 25.8 Å². The zero-order valence-corrected chi connectivity index (χ0v) is 15.0. The molecular weight excluding hydrogens is 334 g/mol. The molecule has 0 spiro atoms. The first-order valence-electron chi connectivity index (χ1n) is 8.44. The second-order valence-electron chi connectivity index (χ2n) is 6.32. The lowest BCUT2D eigenvalue weighted by Crippen LogP contribution is -2.31. The smallest absolute Gasteiger partial charge is 0.263 e. The van der Waals surface area contributed by atoms with Crippen molar-refractivity contribution in [3.63, 3.8) is 0 Å². The quantitative estimate of drug-likeness (QED) is 0.727. The number of amides is 1. The monoisotopic (exact) mass is 353 g/mol. The first-order valence-corrected chi connectivity index (χ1v) is 9.26. The largest absolute Gasteiger partial charge is 0.344 e. The fourth-order valence-corrected chi connectivity index (χ4v) is 4.58. The molecule has 0 aliphatic carbocycles. The van der Waals surface area contributed by atoms with Crippen LogP contribution in [-0.2, 0) is 11.2 Å². The van der Waals surface area contributed by atoms with Gasteiger partial charge in [-0.3, -0.25) is 14.2 Å². The van der Waals surface area contributed by atoms with Gasteiger partial charge in [0.15, 0.2) is 0 Å². The van der Waals surface area contributed by atoms with Crippen LogP contribution in [0.3, 0.4) is 0 Å². The average Bonchev–Trinajstić information content (AvgIpc) is 3.18. The van der Waals surface area contributed by atoms with Gasteiger partial charge in [0.25, 0.3) is 5.56 Å². The van der Waals surface area contributed by atoms with E-state index >= 15 is 0 Å². The number of benzene rings is 1. The van der Waals surface area contributed by atoms with Crippen molar-refractivity contribution in [2.75, 3.05) is 13.6 Å². The first kappa shape index (κ1) is 16.0. The predicted octanol–water partition coefficient (Wildman–Crippen LogP) is 3.09. The van der Waals surface area contributed by atoms with Gasteiger partial charge in [0.1, 0.15) is 10.9 Å². The number of carbonyl (C=O) groups is 1. The molecule has 1 aliphatic heterocycles. The molecule has 0 bridgehead atoms. The summed E-state index contributed by atoms with van der Waals surface area (Å²) in [6.07, 6.45) is 3.03. The molecule has 3 aromatic rings. The molecule has 1 atom stereocenters. The SMILES string of the molecule is CCc1sc2ncn([C@@H]3CCN(C)C3=O)c(=O)c2c1-c1ccccc1. The highest BCUT2D eigenvalue weighted by molar-refractivity contribution is 7.19. The molecule has 3 heterocycles. The highest BCUT2D eigenvalue weighted by Crippen LogP contribution is 2.36. The van der Waals surface area contributed by atoms with E-state index in [9.17, 15) is 9.59 Å². The summed E-state index contributed by atoms with van der Waals surface area (Å²) in [4.78, 5) is 33.7. The van der Waals surface area contributed by atoms with Crippen molar-refractivity contribution in [2.24, 2.45) is 0 Å². The normalized spacial score (nSPS) is 17.6. The molecule has 0 radical (unpaired) electrons. The number of likely N-dealkylation sites (tertiary alicyclic amines) is 1. The van der Waals surface area contributed by atoms with Crippen LogP contribution in [0.1, 0.15) is 24.3 Å². The van der Waals surface area contributed by atoms with Crippen molar-refractivity contribution in [3.8, 4) is 11.1 Å². The molecule has 1 aromatic carbocycles. The zero-order chi connectivity index (χ0) is 17.6. The fraction of sp³-hybridized carbons (Fsp3) is 0.316. The minimum absolute atomic E-state index is 0.0181. The van der Waals surface area contributed by atoms with Crippen LogP contribution in [0.4, 0.5) is 0 Å². The lowest BCUT2D eigenvalue weighted by molar-refractivity contribution is -0.129. The number of nitrogens with zero attached hydrogens (tertiary/aromatic N) is 3. The molecule has 6 heteroatoms. The Balaban J connectivity index is 1.98. The van der Waals surface area contributed by atoms with Gasteiger partial charge in [0.05, 0.1) is 11.7 Å².